The Morgan fingerprint density at radius 3 is 1.39 bits per heavy atom. The molecule has 0 spiro atoms. The van der Waals surface area contributed by atoms with E-state index in [1.165, 1.54) is 89.9 Å². The standard InChI is InChI=1S/C17H33Br/c1-2-3-4-5-6-7-8-9-10-11-12-13-14-15-16-17-18/h16-17H,2-15H2,1H3/b17-16-. The van der Waals surface area contributed by atoms with Crippen LogP contribution >= 0.6 is 15.9 Å². The summed E-state index contributed by atoms with van der Waals surface area (Å²) in [5.41, 5.74) is 0. The molecule has 0 nitrogen and oxygen atoms in total. The van der Waals surface area contributed by atoms with Gasteiger partial charge in [0.05, 0.1) is 0 Å². The second-order valence-corrected chi connectivity index (χ2v) is 5.92. The van der Waals surface area contributed by atoms with Crippen molar-refractivity contribution in [3.05, 3.63) is 11.1 Å². The summed E-state index contributed by atoms with van der Waals surface area (Å²) in [4.78, 5) is 1.98. The fourth-order valence-corrected chi connectivity index (χ4v) is 2.61. The summed E-state index contributed by atoms with van der Waals surface area (Å²) >= 11 is 3.31. The van der Waals surface area contributed by atoms with Crippen LogP contribution in [0.5, 0.6) is 0 Å². The van der Waals surface area contributed by atoms with Gasteiger partial charge in [0, 0.05) is 0 Å². The van der Waals surface area contributed by atoms with E-state index in [1.807, 2.05) is 4.99 Å². The van der Waals surface area contributed by atoms with E-state index in [-0.39, 0.29) is 0 Å². The lowest BCUT2D eigenvalue weighted by atomic mass is 10.0. The lowest BCUT2D eigenvalue weighted by Crippen LogP contribution is -1.82. The molecule has 0 aliphatic rings. The molecule has 0 radical (unpaired) electrons. The monoisotopic (exact) mass is 316 g/mol. The fourth-order valence-electron chi connectivity index (χ4n) is 2.34. The predicted molar refractivity (Wildman–Crippen MR) is 88.4 cm³/mol. The molecule has 0 aliphatic heterocycles. The zero-order chi connectivity index (χ0) is 13.3. The molecule has 0 rings (SSSR count). The van der Waals surface area contributed by atoms with E-state index in [9.17, 15) is 0 Å². The van der Waals surface area contributed by atoms with Gasteiger partial charge in [-0.2, -0.15) is 0 Å². The summed E-state index contributed by atoms with van der Waals surface area (Å²) in [6.07, 6.45) is 22.2. The highest BCUT2D eigenvalue weighted by atomic mass is 79.9. The van der Waals surface area contributed by atoms with Gasteiger partial charge in [0.2, 0.25) is 0 Å². The minimum absolute atomic E-state index is 1.24. The summed E-state index contributed by atoms with van der Waals surface area (Å²) in [5.74, 6) is 0. The number of hydrogen-bond donors (Lipinski definition) is 0. The number of halogens is 1. The van der Waals surface area contributed by atoms with Crippen molar-refractivity contribution in [2.75, 3.05) is 0 Å². The van der Waals surface area contributed by atoms with Gasteiger partial charge < -0.3 is 0 Å². The Hall–Kier alpha value is 0.220. The Labute approximate surface area is 124 Å². The molecule has 108 valence electrons. The summed E-state index contributed by atoms with van der Waals surface area (Å²) in [5, 5.41) is 0. The first-order valence-corrected chi connectivity index (χ1v) is 9.08. The Kier molecular flexibility index (Phi) is 17.4. The summed E-state index contributed by atoms with van der Waals surface area (Å²) in [6.45, 7) is 2.29. The zero-order valence-corrected chi connectivity index (χ0v) is 14.0. The van der Waals surface area contributed by atoms with Crippen molar-refractivity contribution in [1.82, 2.24) is 0 Å². The normalized spacial score (nSPS) is 11.4. The van der Waals surface area contributed by atoms with Crippen LogP contribution in [-0.2, 0) is 0 Å². The third-order valence-electron chi connectivity index (χ3n) is 3.56. The molecule has 0 unspecified atom stereocenters. The molecule has 0 saturated carbocycles. The van der Waals surface area contributed by atoms with Crippen LogP contribution in [0, 0.1) is 0 Å². The highest BCUT2D eigenvalue weighted by Gasteiger charge is 1.93. The van der Waals surface area contributed by atoms with Crippen LogP contribution in [0.25, 0.3) is 0 Å². The molecule has 0 aromatic heterocycles. The van der Waals surface area contributed by atoms with Crippen molar-refractivity contribution in [3.8, 4) is 0 Å². The Morgan fingerprint density at radius 2 is 1.00 bits per heavy atom. The quantitative estimate of drug-likeness (QED) is 0.293. The van der Waals surface area contributed by atoms with Crippen molar-refractivity contribution >= 4 is 15.9 Å². The largest absolute Gasteiger partial charge is 0.0776 e. The van der Waals surface area contributed by atoms with E-state index in [2.05, 4.69) is 28.9 Å². The molecule has 0 N–H and O–H groups in total. The van der Waals surface area contributed by atoms with Crippen LogP contribution in [0.15, 0.2) is 11.1 Å². The lowest BCUT2D eigenvalue weighted by molar-refractivity contribution is 0.540. The van der Waals surface area contributed by atoms with Crippen molar-refractivity contribution in [1.29, 1.82) is 0 Å². The van der Waals surface area contributed by atoms with E-state index >= 15 is 0 Å². The molecular formula is C17H33Br. The second-order valence-electron chi connectivity index (χ2n) is 5.39. The first kappa shape index (κ1) is 18.2. The van der Waals surface area contributed by atoms with E-state index in [1.54, 1.807) is 0 Å². The van der Waals surface area contributed by atoms with Gasteiger partial charge in [-0.25, -0.2) is 0 Å². The highest BCUT2D eigenvalue weighted by Crippen LogP contribution is 2.12. The number of rotatable bonds is 14. The molecule has 0 aromatic carbocycles. The molecule has 0 heterocycles. The van der Waals surface area contributed by atoms with Gasteiger partial charge in [0.25, 0.3) is 0 Å². The van der Waals surface area contributed by atoms with Gasteiger partial charge in [-0.15, -0.1) is 0 Å². The number of unbranched alkanes of at least 4 members (excludes halogenated alkanes) is 13. The van der Waals surface area contributed by atoms with Gasteiger partial charge in [0.1, 0.15) is 0 Å². The molecule has 0 aliphatic carbocycles. The smallest absolute Gasteiger partial charge is 0.0229 e. The maximum atomic E-state index is 3.31. The zero-order valence-electron chi connectivity index (χ0n) is 12.4. The van der Waals surface area contributed by atoms with Crippen LogP contribution < -0.4 is 0 Å². The van der Waals surface area contributed by atoms with Crippen molar-refractivity contribution < 1.29 is 0 Å². The molecule has 0 saturated heterocycles. The number of allylic oxidation sites excluding steroid dienone is 1. The van der Waals surface area contributed by atoms with Gasteiger partial charge in [-0.05, 0) is 17.8 Å². The van der Waals surface area contributed by atoms with Crippen molar-refractivity contribution in [2.45, 2.75) is 96.8 Å². The minimum Gasteiger partial charge on any atom is -0.0776 e. The third kappa shape index (κ3) is 16.2. The molecule has 0 bridgehead atoms. The Morgan fingerprint density at radius 1 is 0.611 bits per heavy atom. The molecule has 0 aromatic rings. The summed E-state index contributed by atoms with van der Waals surface area (Å²) in [7, 11) is 0. The van der Waals surface area contributed by atoms with Gasteiger partial charge in [-0.1, -0.05) is 106 Å². The first-order chi connectivity index (χ1) is 8.91. The average molecular weight is 317 g/mol. The van der Waals surface area contributed by atoms with Gasteiger partial charge >= 0.3 is 0 Å². The maximum Gasteiger partial charge on any atom is -0.0229 e. The van der Waals surface area contributed by atoms with Crippen LogP contribution in [0.4, 0.5) is 0 Å². The van der Waals surface area contributed by atoms with E-state index in [0.717, 1.165) is 0 Å². The average Bonchev–Trinajstić information content (AvgIpc) is 2.39. The maximum absolute atomic E-state index is 3.31. The minimum atomic E-state index is 1.24. The van der Waals surface area contributed by atoms with Crippen molar-refractivity contribution in [2.24, 2.45) is 0 Å². The second kappa shape index (κ2) is 17.2. The van der Waals surface area contributed by atoms with Gasteiger partial charge in [0.15, 0.2) is 0 Å². The Bertz CT molecular complexity index is 163. The van der Waals surface area contributed by atoms with Crippen LogP contribution in [0.3, 0.4) is 0 Å². The lowest BCUT2D eigenvalue weighted by Gasteiger charge is -2.02. The molecule has 0 fully saturated rings. The van der Waals surface area contributed by atoms with Crippen LogP contribution in [0.1, 0.15) is 96.8 Å². The molecular weight excluding hydrogens is 284 g/mol. The summed E-state index contributed by atoms with van der Waals surface area (Å²) < 4.78 is 0. The SMILES string of the molecule is CCCCCCCCCCCCCCC/C=C\Br. The van der Waals surface area contributed by atoms with Gasteiger partial charge in [-0.3, -0.25) is 0 Å². The molecule has 18 heavy (non-hydrogen) atoms. The van der Waals surface area contributed by atoms with E-state index < -0.39 is 0 Å². The molecule has 0 amide bonds. The van der Waals surface area contributed by atoms with Crippen LogP contribution in [0.2, 0.25) is 0 Å². The fraction of sp³-hybridized carbons (Fsp3) is 0.882. The molecule has 1 heteroatoms. The topological polar surface area (TPSA) is 0 Å². The third-order valence-corrected chi connectivity index (χ3v) is 3.94. The predicted octanol–water partition coefficient (Wildman–Crippen LogP) is 7.38. The highest BCUT2D eigenvalue weighted by molar-refractivity contribution is 9.11. The first-order valence-electron chi connectivity index (χ1n) is 8.17. The van der Waals surface area contributed by atoms with Crippen molar-refractivity contribution in [3.63, 3.8) is 0 Å². The molecule has 0 atom stereocenters. The summed E-state index contributed by atoms with van der Waals surface area (Å²) in [6, 6.07) is 0. The van der Waals surface area contributed by atoms with Crippen LogP contribution in [-0.4, -0.2) is 0 Å². The Balaban J connectivity index is 2.90. The van der Waals surface area contributed by atoms with E-state index in [0.29, 0.717) is 0 Å². The van der Waals surface area contributed by atoms with E-state index in [4.69, 9.17) is 0 Å². The number of hydrogen-bond acceptors (Lipinski definition) is 0.